The van der Waals surface area contributed by atoms with Crippen molar-refractivity contribution >= 4 is 56.5 Å². The molecule has 0 aliphatic rings. The van der Waals surface area contributed by atoms with E-state index in [0.717, 1.165) is 0 Å². The van der Waals surface area contributed by atoms with E-state index in [4.69, 9.17) is 27.9 Å². The van der Waals surface area contributed by atoms with Crippen LogP contribution in [0.15, 0.2) is 59.5 Å². The van der Waals surface area contributed by atoms with Gasteiger partial charge in [-0.25, -0.2) is 8.42 Å². The average molecular weight is 610 g/mol. The Balaban J connectivity index is 0.00000560. The number of ether oxygens (including phenoxy) is 1. The zero-order valence-electron chi connectivity index (χ0n) is 21.8. The van der Waals surface area contributed by atoms with Crippen molar-refractivity contribution in [2.75, 3.05) is 11.9 Å². The molecule has 40 heavy (non-hydrogen) atoms. The molecule has 0 radical (unpaired) electrons. The minimum absolute atomic E-state index is 0. The molecule has 0 bridgehead atoms. The summed E-state index contributed by atoms with van der Waals surface area (Å²) in [6.07, 6.45) is 0.492. The molecule has 0 unspecified atom stereocenters. The first kappa shape index (κ1) is 33.3. The third-order valence-corrected chi connectivity index (χ3v) is 7.04. The van der Waals surface area contributed by atoms with Crippen molar-refractivity contribution in [1.82, 2.24) is 0 Å². The molecule has 0 saturated heterocycles. The summed E-state index contributed by atoms with van der Waals surface area (Å²) in [6, 6.07) is 14.4. The zero-order valence-corrected chi connectivity index (χ0v) is 26.2. The fraction of sp³-hybridized carbons (Fsp3) is 0.185. The summed E-state index contributed by atoms with van der Waals surface area (Å²) < 4.78 is 33.6. The van der Waals surface area contributed by atoms with E-state index in [9.17, 15) is 28.1 Å². The Morgan fingerprint density at radius 3 is 2.40 bits per heavy atom. The molecular formula is C27H22Cl2N3NaO6S. The molecule has 0 aliphatic heterocycles. The fourth-order valence-electron chi connectivity index (χ4n) is 3.46. The SMILES string of the molecule is CCCC(=O)[N-]S(=O)(=O)c1ccc(NC(=O)COc2ccc(Cl)cc2C(=O)c2cc(Cl)cc(C#N)c2)c(C)c1.[Na+]. The summed E-state index contributed by atoms with van der Waals surface area (Å²) in [5.74, 6) is -1.75. The smallest absolute Gasteiger partial charge is 0.542 e. The normalized spacial score (nSPS) is 10.6. The van der Waals surface area contributed by atoms with Gasteiger partial charge in [0.05, 0.1) is 28.0 Å². The number of amides is 2. The van der Waals surface area contributed by atoms with E-state index in [1.54, 1.807) is 13.8 Å². The Morgan fingerprint density at radius 1 is 1.02 bits per heavy atom. The molecule has 9 nitrogen and oxygen atoms in total. The van der Waals surface area contributed by atoms with E-state index in [2.05, 4.69) is 10.0 Å². The molecule has 2 amide bonds. The number of anilines is 1. The number of nitrogens with one attached hydrogen (secondary N) is 1. The van der Waals surface area contributed by atoms with Crippen molar-refractivity contribution in [1.29, 1.82) is 5.26 Å². The van der Waals surface area contributed by atoms with E-state index in [1.165, 1.54) is 54.6 Å². The molecular weight excluding hydrogens is 588 g/mol. The van der Waals surface area contributed by atoms with E-state index < -0.39 is 34.2 Å². The van der Waals surface area contributed by atoms with Crippen LogP contribution in [0, 0.1) is 18.3 Å². The average Bonchev–Trinajstić information content (AvgIpc) is 2.88. The first-order valence-electron chi connectivity index (χ1n) is 11.5. The van der Waals surface area contributed by atoms with Gasteiger partial charge < -0.3 is 19.6 Å². The standard InChI is InChI=1S/C27H23Cl2N3O6S.Na/c1-3-4-25(33)32-39(36,37)21-6-7-23(16(2)9-21)31-26(34)15-38-24-8-5-19(28)13-22(24)27(35)18-10-17(14-30)11-20(29)12-18;/h5-13H,3-4,15H2,1-2H3,(H2,31,32,33,34);/q;+1/p-1. The van der Waals surface area contributed by atoms with Crippen molar-refractivity contribution < 1.29 is 57.1 Å². The molecule has 1 N–H and O–H groups in total. The number of nitriles is 1. The Hall–Kier alpha value is -2.91. The predicted octanol–water partition coefficient (Wildman–Crippen LogP) is 2.82. The molecule has 0 aromatic heterocycles. The van der Waals surface area contributed by atoms with Crippen molar-refractivity contribution in [3.05, 3.63) is 91.6 Å². The van der Waals surface area contributed by atoms with Gasteiger partial charge in [0.15, 0.2) is 12.4 Å². The van der Waals surface area contributed by atoms with E-state index in [-0.39, 0.29) is 73.4 Å². The van der Waals surface area contributed by atoms with Crippen LogP contribution in [0.2, 0.25) is 10.0 Å². The Labute approximate surface area is 264 Å². The van der Waals surface area contributed by atoms with Gasteiger partial charge in [0.2, 0.25) is 0 Å². The van der Waals surface area contributed by atoms with Crippen LogP contribution < -0.4 is 39.6 Å². The van der Waals surface area contributed by atoms with Crippen molar-refractivity contribution in [2.45, 2.75) is 31.6 Å². The van der Waals surface area contributed by atoms with Crippen LogP contribution in [0.25, 0.3) is 4.72 Å². The molecule has 202 valence electrons. The molecule has 0 atom stereocenters. The fourth-order valence-corrected chi connectivity index (χ4v) is 4.90. The second kappa shape index (κ2) is 14.6. The molecule has 3 aromatic rings. The number of nitrogens with zero attached hydrogens (tertiary/aromatic N) is 2. The quantitative estimate of drug-likeness (QED) is 0.275. The summed E-state index contributed by atoms with van der Waals surface area (Å²) in [5.41, 5.74) is 1.14. The number of halogens is 2. The molecule has 0 heterocycles. The summed E-state index contributed by atoms with van der Waals surface area (Å²) in [5, 5.41) is 12.2. The van der Waals surface area contributed by atoms with Crippen LogP contribution in [-0.2, 0) is 19.6 Å². The Morgan fingerprint density at radius 2 is 1.75 bits per heavy atom. The van der Waals surface area contributed by atoms with E-state index in [0.29, 0.717) is 17.7 Å². The third-order valence-electron chi connectivity index (χ3n) is 5.29. The van der Waals surface area contributed by atoms with Crippen LogP contribution in [0.1, 0.15) is 46.8 Å². The van der Waals surface area contributed by atoms with Gasteiger partial charge in [-0.05, 0) is 73.5 Å². The third kappa shape index (κ3) is 8.80. The molecule has 0 aliphatic carbocycles. The molecule has 13 heteroatoms. The minimum atomic E-state index is -4.17. The molecule has 3 rings (SSSR count). The van der Waals surface area contributed by atoms with Crippen LogP contribution in [0.5, 0.6) is 5.75 Å². The van der Waals surface area contributed by atoms with E-state index in [1.807, 2.05) is 6.07 Å². The number of aryl methyl sites for hydroxylation is 1. The Kier molecular flexibility index (Phi) is 12.2. The van der Waals surface area contributed by atoms with Gasteiger partial charge in [0, 0.05) is 21.3 Å². The summed E-state index contributed by atoms with van der Waals surface area (Å²) in [4.78, 5) is 37.2. The summed E-state index contributed by atoms with van der Waals surface area (Å²) in [7, 11) is -4.17. The van der Waals surface area contributed by atoms with Gasteiger partial charge in [-0.3, -0.25) is 9.59 Å². The molecule has 0 saturated carbocycles. The maximum atomic E-state index is 13.2. The number of hydrogen-bond acceptors (Lipinski definition) is 7. The van der Waals surface area contributed by atoms with E-state index >= 15 is 0 Å². The second-order valence-corrected chi connectivity index (χ2v) is 10.8. The van der Waals surface area contributed by atoms with Crippen molar-refractivity contribution in [2.24, 2.45) is 0 Å². The number of ketones is 1. The first-order valence-corrected chi connectivity index (χ1v) is 13.7. The second-order valence-electron chi connectivity index (χ2n) is 8.33. The largest absolute Gasteiger partial charge is 1.00 e. The molecule has 3 aromatic carbocycles. The number of hydrogen-bond donors (Lipinski definition) is 1. The van der Waals surface area contributed by atoms with Gasteiger partial charge in [0.25, 0.3) is 5.91 Å². The minimum Gasteiger partial charge on any atom is -0.542 e. The van der Waals surface area contributed by atoms with Gasteiger partial charge in [-0.1, -0.05) is 36.5 Å². The van der Waals surface area contributed by atoms with Gasteiger partial charge in [0.1, 0.15) is 15.8 Å². The molecule has 0 fully saturated rings. The number of carbonyl (C=O) groups excluding carboxylic acids is 3. The predicted molar refractivity (Wildman–Crippen MR) is 147 cm³/mol. The summed E-state index contributed by atoms with van der Waals surface area (Å²) in [6.45, 7) is 2.84. The number of carbonyl (C=O) groups is 3. The van der Waals surface area contributed by atoms with Crippen LogP contribution in [-0.4, -0.2) is 32.6 Å². The monoisotopic (exact) mass is 609 g/mol. The van der Waals surface area contributed by atoms with Crippen molar-refractivity contribution in [3.8, 4) is 11.8 Å². The summed E-state index contributed by atoms with van der Waals surface area (Å²) >= 11 is 12.1. The van der Waals surface area contributed by atoms with Gasteiger partial charge >= 0.3 is 29.6 Å². The zero-order chi connectivity index (χ0) is 28.7. The maximum Gasteiger partial charge on any atom is 1.00 e. The van der Waals surface area contributed by atoms with Crippen LogP contribution in [0.3, 0.4) is 0 Å². The van der Waals surface area contributed by atoms with Crippen LogP contribution in [0.4, 0.5) is 5.69 Å². The van der Waals surface area contributed by atoms with Crippen LogP contribution >= 0.6 is 23.2 Å². The number of benzene rings is 3. The first-order chi connectivity index (χ1) is 18.4. The van der Waals surface area contributed by atoms with Gasteiger partial charge in [-0.2, -0.15) is 5.26 Å². The van der Waals surface area contributed by atoms with Gasteiger partial charge in [-0.15, -0.1) is 0 Å². The number of rotatable bonds is 10. The maximum absolute atomic E-state index is 13.2. The Bertz CT molecular complexity index is 1610. The number of sulfonamides is 1. The topological polar surface area (TPSA) is 144 Å². The van der Waals surface area contributed by atoms with Crippen molar-refractivity contribution in [3.63, 3.8) is 0 Å². The molecule has 0 spiro atoms.